The third-order valence-corrected chi connectivity index (χ3v) is 5.27. The minimum atomic E-state index is -0.449. The fourth-order valence-electron chi connectivity index (χ4n) is 3.61. The van der Waals surface area contributed by atoms with Gasteiger partial charge in [-0.2, -0.15) is 0 Å². The van der Waals surface area contributed by atoms with E-state index in [2.05, 4.69) is 5.32 Å². The van der Waals surface area contributed by atoms with E-state index < -0.39 is 4.92 Å². The molecule has 3 rings (SSSR count). The normalized spacial score (nSPS) is 14.4. The number of hydrogen-bond acceptors (Lipinski definition) is 4. The molecule has 7 nitrogen and oxygen atoms in total. The zero-order chi connectivity index (χ0) is 20.8. The van der Waals surface area contributed by atoms with Crippen LogP contribution in [-0.2, 0) is 11.2 Å². The van der Waals surface area contributed by atoms with Crippen molar-refractivity contribution >= 4 is 17.5 Å². The van der Waals surface area contributed by atoms with Gasteiger partial charge in [-0.05, 0) is 43.9 Å². The van der Waals surface area contributed by atoms with Crippen LogP contribution in [0.1, 0.15) is 40.7 Å². The fraction of sp³-hybridized carbons (Fsp3) is 0.364. The SMILES string of the molecule is Cc1cc(C(=O)N2CCC(NC(=O)CCc3ccccc3)CC2)ccc1[N+](=O)[O-]. The number of nitrogens with zero attached hydrogens (tertiary/aromatic N) is 2. The summed E-state index contributed by atoms with van der Waals surface area (Å²) in [5.41, 5.74) is 2.08. The summed E-state index contributed by atoms with van der Waals surface area (Å²) >= 11 is 0. The molecule has 0 aliphatic carbocycles. The van der Waals surface area contributed by atoms with Gasteiger partial charge < -0.3 is 10.2 Å². The highest BCUT2D eigenvalue weighted by molar-refractivity contribution is 5.94. The molecular weight excluding hydrogens is 370 g/mol. The van der Waals surface area contributed by atoms with Crippen LogP contribution in [0.2, 0.25) is 0 Å². The lowest BCUT2D eigenvalue weighted by Crippen LogP contribution is -2.46. The Hall–Kier alpha value is -3.22. The quantitative estimate of drug-likeness (QED) is 0.600. The maximum absolute atomic E-state index is 12.7. The molecule has 2 amide bonds. The lowest BCUT2D eigenvalue weighted by atomic mass is 10.0. The first kappa shape index (κ1) is 20.5. The molecule has 0 aromatic heterocycles. The van der Waals surface area contributed by atoms with Crippen LogP contribution in [0, 0.1) is 17.0 Å². The standard InChI is InChI=1S/C22H25N3O4/c1-16-15-18(8-9-20(16)25(28)29)22(27)24-13-11-19(12-14-24)23-21(26)10-7-17-5-3-2-4-6-17/h2-6,8-9,15,19H,7,10-14H2,1H3,(H,23,26). The van der Waals surface area contributed by atoms with Gasteiger partial charge in [-0.15, -0.1) is 0 Å². The highest BCUT2D eigenvalue weighted by atomic mass is 16.6. The second kappa shape index (κ2) is 9.32. The highest BCUT2D eigenvalue weighted by Gasteiger charge is 2.25. The Morgan fingerprint density at radius 3 is 2.45 bits per heavy atom. The van der Waals surface area contributed by atoms with Gasteiger partial charge in [-0.25, -0.2) is 0 Å². The van der Waals surface area contributed by atoms with E-state index in [4.69, 9.17) is 0 Å². The molecule has 1 saturated heterocycles. The molecule has 0 spiro atoms. The Balaban J connectivity index is 1.47. The number of piperidine rings is 1. The van der Waals surface area contributed by atoms with E-state index in [0.29, 0.717) is 49.9 Å². The van der Waals surface area contributed by atoms with E-state index in [1.54, 1.807) is 17.9 Å². The zero-order valence-corrected chi connectivity index (χ0v) is 16.5. The third-order valence-electron chi connectivity index (χ3n) is 5.27. The van der Waals surface area contributed by atoms with Crippen molar-refractivity contribution in [3.05, 3.63) is 75.3 Å². The average Bonchev–Trinajstić information content (AvgIpc) is 2.72. The van der Waals surface area contributed by atoms with Crippen LogP contribution >= 0.6 is 0 Å². The molecule has 1 fully saturated rings. The summed E-state index contributed by atoms with van der Waals surface area (Å²) in [5, 5.41) is 14.0. The predicted molar refractivity (Wildman–Crippen MR) is 110 cm³/mol. The largest absolute Gasteiger partial charge is 0.353 e. The predicted octanol–water partition coefficient (Wildman–Crippen LogP) is 3.26. The van der Waals surface area contributed by atoms with E-state index in [0.717, 1.165) is 5.56 Å². The van der Waals surface area contributed by atoms with E-state index in [1.165, 1.54) is 12.1 Å². The number of hydrogen-bond donors (Lipinski definition) is 1. The first-order chi connectivity index (χ1) is 13.9. The van der Waals surface area contributed by atoms with Crippen molar-refractivity contribution in [3.63, 3.8) is 0 Å². The summed E-state index contributed by atoms with van der Waals surface area (Å²) in [6.45, 7) is 2.74. The number of carbonyl (C=O) groups is 2. The number of nitro groups is 1. The molecule has 1 aliphatic rings. The molecule has 152 valence electrons. The molecule has 0 unspecified atom stereocenters. The van der Waals surface area contributed by atoms with E-state index >= 15 is 0 Å². The van der Waals surface area contributed by atoms with Crippen molar-refractivity contribution in [2.45, 2.75) is 38.6 Å². The molecule has 0 bridgehead atoms. The van der Waals surface area contributed by atoms with Crippen LogP contribution in [0.3, 0.4) is 0 Å². The van der Waals surface area contributed by atoms with Gasteiger partial charge in [0.25, 0.3) is 11.6 Å². The number of carbonyl (C=O) groups excluding carboxylic acids is 2. The summed E-state index contributed by atoms with van der Waals surface area (Å²) in [6, 6.07) is 14.4. The summed E-state index contributed by atoms with van der Waals surface area (Å²) in [5.74, 6) is -0.0959. The zero-order valence-electron chi connectivity index (χ0n) is 16.5. The maximum atomic E-state index is 12.7. The first-order valence-corrected chi connectivity index (χ1v) is 9.81. The van der Waals surface area contributed by atoms with Crippen molar-refractivity contribution in [2.24, 2.45) is 0 Å². The third kappa shape index (κ3) is 5.40. The van der Waals surface area contributed by atoms with Gasteiger partial charge in [-0.3, -0.25) is 19.7 Å². The molecule has 2 aromatic rings. The molecule has 7 heteroatoms. The van der Waals surface area contributed by atoms with E-state index in [1.807, 2.05) is 30.3 Å². The Morgan fingerprint density at radius 1 is 1.14 bits per heavy atom. The topological polar surface area (TPSA) is 92.6 Å². The average molecular weight is 395 g/mol. The van der Waals surface area contributed by atoms with Crippen molar-refractivity contribution in [1.29, 1.82) is 0 Å². The van der Waals surface area contributed by atoms with Crippen molar-refractivity contribution in [3.8, 4) is 0 Å². The molecule has 0 saturated carbocycles. The number of rotatable bonds is 6. The Morgan fingerprint density at radius 2 is 1.83 bits per heavy atom. The summed E-state index contributed by atoms with van der Waals surface area (Å²) < 4.78 is 0. The smallest absolute Gasteiger partial charge is 0.272 e. The number of amides is 2. The van der Waals surface area contributed by atoms with Crippen molar-refractivity contribution < 1.29 is 14.5 Å². The van der Waals surface area contributed by atoms with Crippen LogP contribution in [-0.4, -0.2) is 40.8 Å². The Labute approximate surface area is 169 Å². The minimum absolute atomic E-state index is 0.0125. The van der Waals surface area contributed by atoms with Gasteiger partial charge >= 0.3 is 0 Å². The maximum Gasteiger partial charge on any atom is 0.272 e. The van der Waals surface area contributed by atoms with E-state index in [-0.39, 0.29) is 23.5 Å². The van der Waals surface area contributed by atoms with Gasteiger partial charge in [0.05, 0.1) is 4.92 Å². The lowest BCUT2D eigenvalue weighted by Gasteiger charge is -2.32. The molecule has 0 radical (unpaired) electrons. The Kier molecular flexibility index (Phi) is 6.59. The Bertz CT molecular complexity index is 890. The van der Waals surface area contributed by atoms with Crippen LogP contribution < -0.4 is 5.32 Å². The number of nitrogens with one attached hydrogen (secondary N) is 1. The monoisotopic (exact) mass is 395 g/mol. The molecule has 29 heavy (non-hydrogen) atoms. The minimum Gasteiger partial charge on any atom is -0.353 e. The van der Waals surface area contributed by atoms with Gasteiger partial charge in [-0.1, -0.05) is 30.3 Å². The van der Waals surface area contributed by atoms with Crippen LogP contribution in [0.25, 0.3) is 0 Å². The molecular formula is C22H25N3O4. The molecule has 1 N–H and O–H groups in total. The van der Waals surface area contributed by atoms with Gasteiger partial charge in [0.2, 0.25) is 5.91 Å². The van der Waals surface area contributed by atoms with Crippen molar-refractivity contribution in [2.75, 3.05) is 13.1 Å². The van der Waals surface area contributed by atoms with Gasteiger partial charge in [0.15, 0.2) is 0 Å². The van der Waals surface area contributed by atoms with E-state index in [9.17, 15) is 19.7 Å². The van der Waals surface area contributed by atoms with Crippen LogP contribution in [0.15, 0.2) is 48.5 Å². The van der Waals surface area contributed by atoms with Gasteiger partial charge in [0, 0.05) is 42.7 Å². The molecule has 1 aliphatic heterocycles. The molecule has 0 atom stereocenters. The number of benzene rings is 2. The van der Waals surface area contributed by atoms with Crippen LogP contribution in [0.5, 0.6) is 0 Å². The summed E-state index contributed by atoms with van der Waals surface area (Å²) in [4.78, 5) is 37.1. The fourth-order valence-corrected chi connectivity index (χ4v) is 3.61. The van der Waals surface area contributed by atoms with Gasteiger partial charge in [0.1, 0.15) is 0 Å². The summed E-state index contributed by atoms with van der Waals surface area (Å²) in [7, 11) is 0. The van der Waals surface area contributed by atoms with Crippen LogP contribution in [0.4, 0.5) is 5.69 Å². The highest BCUT2D eigenvalue weighted by Crippen LogP contribution is 2.21. The second-order valence-electron chi connectivity index (χ2n) is 7.38. The molecule has 1 heterocycles. The molecule has 2 aromatic carbocycles. The first-order valence-electron chi connectivity index (χ1n) is 9.81. The number of likely N-dealkylation sites (tertiary alicyclic amines) is 1. The number of aryl methyl sites for hydroxylation is 2. The lowest BCUT2D eigenvalue weighted by molar-refractivity contribution is -0.385. The second-order valence-corrected chi connectivity index (χ2v) is 7.38. The number of nitro benzene ring substituents is 1. The van der Waals surface area contributed by atoms with Crippen molar-refractivity contribution in [1.82, 2.24) is 10.2 Å². The summed E-state index contributed by atoms with van der Waals surface area (Å²) in [6.07, 6.45) is 2.57.